The molecule has 1 aliphatic heterocycles. The van der Waals surface area contributed by atoms with Crippen LogP contribution in [-0.2, 0) is 11.3 Å². The zero-order chi connectivity index (χ0) is 17.5. The highest BCUT2D eigenvalue weighted by Crippen LogP contribution is 2.19. The molecule has 132 valence electrons. The van der Waals surface area contributed by atoms with Gasteiger partial charge >= 0.3 is 6.09 Å². The van der Waals surface area contributed by atoms with E-state index in [2.05, 4.69) is 10.3 Å². The summed E-state index contributed by atoms with van der Waals surface area (Å²) in [4.78, 5) is 18.1. The van der Waals surface area contributed by atoms with Crippen molar-refractivity contribution in [2.75, 3.05) is 25.0 Å². The number of piperidine rings is 1. The van der Waals surface area contributed by atoms with E-state index in [-0.39, 0.29) is 6.09 Å². The minimum absolute atomic E-state index is 0.206. The lowest BCUT2D eigenvalue weighted by molar-refractivity contribution is 0.0832. The summed E-state index contributed by atoms with van der Waals surface area (Å²) in [6.45, 7) is 4.82. The molecule has 0 aliphatic carbocycles. The van der Waals surface area contributed by atoms with Gasteiger partial charge in [-0.1, -0.05) is 29.8 Å². The number of hydrogen-bond acceptors (Lipinski definition) is 4. The third-order valence-electron chi connectivity index (χ3n) is 4.59. The molecule has 25 heavy (non-hydrogen) atoms. The summed E-state index contributed by atoms with van der Waals surface area (Å²) in [6.07, 6.45) is 5.36. The quantitative estimate of drug-likeness (QED) is 0.899. The largest absolute Gasteiger partial charge is 0.445 e. The molecule has 1 aliphatic rings. The molecule has 0 spiro atoms. The number of anilines is 1. The molecule has 1 N–H and O–H groups in total. The molecule has 3 rings (SSSR count). The van der Waals surface area contributed by atoms with Crippen molar-refractivity contribution in [1.82, 2.24) is 9.88 Å². The summed E-state index contributed by atoms with van der Waals surface area (Å²) in [7, 11) is 0. The van der Waals surface area contributed by atoms with E-state index in [0.29, 0.717) is 12.5 Å². The highest BCUT2D eigenvalue weighted by molar-refractivity contribution is 5.67. The van der Waals surface area contributed by atoms with E-state index in [1.165, 1.54) is 5.56 Å². The SMILES string of the molecule is Cc1cccc(COC(=O)N2CCC(CNc3ccncc3)CC2)c1. The van der Waals surface area contributed by atoms with Crippen LogP contribution in [0, 0.1) is 12.8 Å². The molecule has 2 heterocycles. The Labute approximate surface area is 149 Å². The second-order valence-corrected chi connectivity index (χ2v) is 6.59. The van der Waals surface area contributed by atoms with Gasteiger partial charge in [0.25, 0.3) is 0 Å². The Kier molecular flexibility index (Phi) is 5.88. The number of pyridine rings is 1. The second-order valence-electron chi connectivity index (χ2n) is 6.59. The fourth-order valence-electron chi connectivity index (χ4n) is 3.09. The van der Waals surface area contributed by atoms with E-state index < -0.39 is 0 Å². The van der Waals surface area contributed by atoms with Crippen LogP contribution in [0.2, 0.25) is 0 Å². The van der Waals surface area contributed by atoms with Crippen LogP contribution < -0.4 is 5.32 Å². The van der Waals surface area contributed by atoms with Crippen LogP contribution in [0.25, 0.3) is 0 Å². The van der Waals surface area contributed by atoms with Crippen molar-refractivity contribution in [3.8, 4) is 0 Å². The smallest absolute Gasteiger partial charge is 0.410 e. The van der Waals surface area contributed by atoms with Crippen molar-refractivity contribution in [3.63, 3.8) is 0 Å². The van der Waals surface area contributed by atoms with Crippen LogP contribution in [0.3, 0.4) is 0 Å². The molecule has 5 heteroatoms. The minimum atomic E-state index is -0.206. The lowest BCUT2D eigenvalue weighted by atomic mass is 9.97. The van der Waals surface area contributed by atoms with Crippen LogP contribution in [0.1, 0.15) is 24.0 Å². The summed E-state index contributed by atoms with van der Waals surface area (Å²) in [6, 6.07) is 12.0. The normalized spacial score (nSPS) is 15.0. The summed E-state index contributed by atoms with van der Waals surface area (Å²) in [5.74, 6) is 0.578. The van der Waals surface area contributed by atoms with E-state index in [1.807, 2.05) is 48.2 Å². The topological polar surface area (TPSA) is 54.5 Å². The number of carbonyl (C=O) groups is 1. The molecule has 0 saturated carbocycles. The van der Waals surface area contributed by atoms with Crippen LogP contribution in [0.4, 0.5) is 10.5 Å². The van der Waals surface area contributed by atoms with Crippen molar-refractivity contribution in [2.45, 2.75) is 26.4 Å². The number of benzene rings is 1. The van der Waals surface area contributed by atoms with E-state index in [9.17, 15) is 4.79 Å². The average Bonchev–Trinajstić information content (AvgIpc) is 2.66. The standard InChI is InChI=1S/C20H25N3O2/c1-16-3-2-4-18(13-16)15-25-20(24)23-11-7-17(8-12-23)14-22-19-5-9-21-10-6-19/h2-6,9-10,13,17H,7-8,11-12,14-15H2,1H3,(H,21,22). The molecule has 2 aromatic rings. The monoisotopic (exact) mass is 339 g/mol. The number of hydrogen-bond donors (Lipinski definition) is 1. The number of nitrogens with one attached hydrogen (secondary N) is 1. The first-order valence-corrected chi connectivity index (χ1v) is 8.82. The highest BCUT2D eigenvalue weighted by atomic mass is 16.6. The molecular weight excluding hydrogens is 314 g/mol. The third kappa shape index (κ3) is 5.21. The minimum Gasteiger partial charge on any atom is -0.445 e. The van der Waals surface area contributed by atoms with Gasteiger partial charge in [0, 0.05) is 37.7 Å². The zero-order valence-corrected chi connectivity index (χ0v) is 14.6. The Hall–Kier alpha value is -2.56. The molecule has 5 nitrogen and oxygen atoms in total. The molecule has 0 atom stereocenters. The molecule has 0 radical (unpaired) electrons. The molecule has 0 bridgehead atoms. The van der Waals surface area contributed by atoms with Gasteiger partial charge in [-0.2, -0.15) is 0 Å². The maximum Gasteiger partial charge on any atom is 0.410 e. The van der Waals surface area contributed by atoms with Gasteiger partial charge in [-0.3, -0.25) is 4.98 Å². The summed E-state index contributed by atoms with van der Waals surface area (Å²) < 4.78 is 5.45. The number of amides is 1. The van der Waals surface area contributed by atoms with Crippen molar-refractivity contribution >= 4 is 11.8 Å². The van der Waals surface area contributed by atoms with E-state index in [4.69, 9.17) is 4.74 Å². The van der Waals surface area contributed by atoms with Gasteiger partial charge in [0.15, 0.2) is 0 Å². The maximum atomic E-state index is 12.2. The Morgan fingerprint density at radius 2 is 2.00 bits per heavy atom. The van der Waals surface area contributed by atoms with Gasteiger partial charge in [0.05, 0.1) is 0 Å². The van der Waals surface area contributed by atoms with Gasteiger partial charge in [-0.15, -0.1) is 0 Å². The van der Waals surface area contributed by atoms with Crippen molar-refractivity contribution < 1.29 is 9.53 Å². The first-order chi connectivity index (χ1) is 12.2. The number of aryl methyl sites for hydroxylation is 1. The predicted octanol–water partition coefficient (Wildman–Crippen LogP) is 3.85. The van der Waals surface area contributed by atoms with E-state index in [1.54, 1.807) is 12.4 Å². The molecule has 1 aromatic carbocycles. The lowest BCUT2D eigenvalue weighted by Gasteiger charge is -2.31. The molecule has 0 unspecified atom stereocenters. The van der Waals surface area contributed by atoms with Crippen LogP contribution in [0.5, 0.6) is 0 Å². The van der Waals surface area contributed by atoms with Gasteiger partial charge in [-0.25, -0.2) is 4.79 Å². The van der Waals surface area contributed by atoms with Gasteiger partial charge < -0.3 is 15.0 Å². The number of carbonyl (C=O) groups excluding carboxylic acids is 1. The Balaban J connectivity index is 1.38. The number of nitrogens with zero attached hydrogens (tertiary/aromatic N) is 2. The molecular formula is C20H25N3O2. The van der Waals surface area contributed by atoms with Crippen molar-refractivity contribution in [3.05, 3.63) is 59.9 Å². The zero-order valence-electron chi connectivity index (χ0n) is 14.6. The second kappa shape index (κ2) is 8.51. The molecule has 1 saturated heterocycles. The third-order valence-corrected chi connectivity index (χ3v) is 4.59. The van der Waals surface area contributed by atoms with Crippen molar-refractivity contribution in [1.29, 1.82) is 0 Å². The first-order valence-electron chi connectivity index (χ1n) is 8.82. The van der Waals surface area contributed by atoms with E-state index >= 15 is 0 Å². The molecule has 1 fully saturated rings. The van der Waals surface area contributed by atoms with Crippen LogP contribution in [0.15, 0.2) is 48.8 Å². The fourth-order valence-corrected chi connectivity index (χ4v) is 3.09. The summed E-state index contributed by atoms with van der Waals surface area (Å²) >= 11 is 0. The molecule has 1 aromatic heterocycles. The van der Waals surface area contributed by atoms with Gasteiger partial charge in [-0.05, 0) is 43.4 Å². The predicted molar refractivity (Wildman–Crippen MR) is 98.4 cm³/mol. The molecule has 1 amide bonds. The Morgan fingerprint density at radius 1 is 1.24 bits per heavy atom. The number of ether oxygens (including phenoxy) is 1. The van der Waals surface area contributed by atoms with Crippen LogP contribution >= 0.6 is 0 Å². The summed E-state index contributed by atoms with van der Waals surface area (Å²) in [5.41, 5.74) is 3.30. The number of likely N-dealkylation sites (tertiary alicyclic amines) is 1. The van der Waals surface area contributed by atoms with Crippen LogP contribution in [-0.4, -0.2) is 35.6 Å². The highest BCUT2D eigenvalue weighted by Gasteiger charge is 2.23. The fraction of sp³-hybridized carbons (Fsp3) is 0.400. The summed E-state index contributed by atoms with van der Waals surface area (Å²) in [5, 5.41) is 3.44. The maximum absolute atomic E-state index is 12.2. The van der Waals surface area contributed by atoms with E-state index in [0.717, 1.165) is 43.7 Å². The number of aromatic nitrogens is 1. The Bertz CT molecular complexity index is 682. The lowest BCUT2D eigenvalue weighted by Crippen LogP contribution is -2.40. The number of rotatable bonds is 5. The average molecular weight is 339 g/mol. The Morgan fingerprint density at radius 3 is 2.72 bits per heavy atom. The first kappa shape index (κ1) is 17.3. The van der Waals surface area contributed by atoms with Gasteiger partial charge in [0.2, 0.25) is 0 Å². The van der Waals surface area contributed by atoms with Crippen molar-refractivity contribution in [2.24, 2.45) is 5.92 Å². The van der Waals surface area contributed by atoms with Gasteiger partial charge in [0.1, 0.15) is 6.61 Å².